The fourth-order valence-electron chi connectivity index (χ4n) is 0.838. The van der Waals surface area contributed by atoms with Gasteiger partial charge in [-0.15, -0.1) is 0 Å². The maximum Gasteiger partial charge on any atom is 0.316 e. The Morgan fingerprint density at radius 1 is 1.43 bits per heavy atom. The van der Waals surface area contributed by atoms with Crippen molar-refractivity contribution in [1.82, 2.24) is 15.3 Å². The third-order valence-electron chi connectivity index (χ3n) is 1.54. The molecular formula is C10H13N3O. The molecule has 0 spiro atoms. The summed E-state index contributed by atoms with van der Waals surface area (Å²) in [5, 5.41) is 3.02. The average Bonchev–Trinajstić information content (AvgIpc) is 2.25. The molecule has 1 N–H and O–H groups in total. The molecule has 0 unspecified atom stereocenters. The van der Waals surface area contributed by atoms with Crippen molar-refractivity contribution < 1.29 is 4.74 Å². The minimum Gasteiger partial charge on any atom is -0.467 e. The zero-order chi connectivity index (χ0) is 10.2. The molecule has 0 saturated heterocycles. The first-order valence-electron chi connectivity index (χ1n) is 4.36. The van der Waals surface area contributed by atoms with Gasteiger partial charge in [0.15, 0.2) is 0 Å². The second-order valence-corrected chi connectivity index (χ2v) is 2.61. The van der Waals surface area contributed by atoms with Crippen LogP contribution in [-0.4, -0.2) is 30.7 Å². The molecule has 74 valence electrons. The second-order valence-electron chi connectivity index (χ2n) is 2.61. The van der Waals surface area contributed by atoms with E-state index in [1.165, 1.54) is 7.11 Å². The number of hydrogen-bond acceptors (Lipinski definition) is 4. The quantitative estimate of drug-likeness (QED) is 0.556. The van der Waals surface area contributed by atoms with E-state index in [1.807, 2.05) is 7.05 Å². The topological polar surface area (TPSA) is 47.0 Å². The molecule has 0 amide bonds. The Labute approximate surface area is 83.7 Å². The SMILES string of the molecule is CNCCC#Cc1cnc(OC)nc1. The molecule has 0 aliphatic heterocycles. The smallest absolute Gasteiger partial charge is 0.316 e. The maximum absolute atomic E-state index is 4.83. The van der Waals surface area contributed by atoms with Gasteiger partial charge in [-0.05, 0) is 7.05 Å². The van der Waals surface area contributed by atoms with Gasteiger partial charge in [0, 0.05) is 25.4 Å². The molecular weight excluding hydrogens is 178 g/mol. The number of nitrogens with zero attached hydrogens (tertiary/aromatic N) is 2. The largest absolute Gasteiger partial charge is 0.467 e. The van der Waals surface area contributed by atoms with E-state index >= 15 is 0 Å². The van der Waals surface area contributed by atoms with Crippen LogP contribution in [0.2, 0.25) is 0 Å². The molecule has 1 heterocycles. The molecule has 0 aliphatic rings. The summed E-state index contributed by atoms with van der Waals surface area (Å²) in [5.41, 5.74) is 0.807. The Hall–Kier alpha value is -1.60. The van der Waals surface area contributed by atoms with Gasteiger partial charge in [-0.3, -0.25) is 0 Å². The molecule has 0 aromatic carbocycles. The van der Waals surface area contributed by atoms with Gasteiger partial charge in [0.05, 0.1) is 12.7 Å². The van der Waals surface area contributed by atoms with Crippen LogP contribution in [0.4, 0.5) is 0 Å². The molecule has 1 rings (SSSR count). The van der Waals surface area contributed by atoms with E-state index in [4.69, 9.17) is 4.74 Å². The lowest BCUT2D eigenvalue weighted by atomic mass is 10.3. The summed E-state index contributed by atoms with van der Waals surface area (Å²) in [6.45, 7) is 0.893. The van der Waals surface area contributed by atoms with Crippen LogP contribution in [0.1, 0.15) is 12.0 Å². The van der Waals surface area contributed by atoms with Crippen molar-refractivity contribution in [3.63, 3.8) is 0 Å². The van der Waals surface area contributed by atoms with E-state index in [-0.39, 0.29) is 0 Å². The van der Waals surface area contributed by atoms with Crippen LogP contribution < -0.4 is 10.1 Å². The van der Waals surface area contributed by atoms with Gasteiger partial charge in [0.25, 0.3) is 0 Å². The van der Waals surface area contributed by atoms with E-state index in [0.29, 0.717) is 6.01 Å². The summed E-state index contributed by atoms with van der Waals surface area (Å²) in [5.74, 6) is 5.97. The zero-order valence-electron chi connectivity index (χ0n) is 8.37. The third kappa shape index (κ3) is 3.42. The zero-order valence-corrected chi connectivity index (χ0v) is 8.37. The molecule has 4 heteroatoms. The summed E-state index contributed by atoms with van der Waals surface area (Å²) in [6, 6.07) is 0.366. The summed E-state index contributed by atoms with van der Waals surface area (Å²) < 4.78 is 4.83. The predicted octanol–water partition coefficient (Wildman–Crippen LogP) is 0.446. The molecule has 1 aromatic heterocycles. The highest BCUT2D eigenvalue weighted by molar-refractivity contribution is 5.29. The van der Waals surface area contributed by atoms with E-state index in [1.54, 1.807) is 12.4 Å². The Morgan fingerprint density at radius 2 is 2.14 bits per heavy atom. The van der Waals surface area contributed by atoms with E-state index in [9.17, 15) is 0 Å². The van der Waals surface area contributed by atoms with Crippen molar-refractivity contribution in [2.75, 3.05) is 20.7 Å². The monoisotopic (exact) mass is 191 g/mol. The number of aromatic nitrogens is 2. The van der Waals surface area contributed by atoms with Gasteiger partial charge in [0.1, 0.15) is 0 Å². The van der Waals surface area contributed by atoms with Crippen molar-refractivity contribution in [3.8, 4) is 17.9 Å². The summed E-state index contributed by atoms with van der Waals surface area (Å²) in [7, 11) is 3.44. The molecule has 0 fully saturated rings. The minimum absolute atomic E-state index is 0.366. The first kappa shape index (κ1) is 10.5. The van der Waals surface area contributed by atoms with Gasteiger partial charge < -0.3 is 10.1 Å². The lowest BCUT2D eigenvalue weighted by molar-refractivity contribution is 0.379. The van der Waals surface area contributed by atoms with Crippen molar-refractivity contribution >= 4 is 0 Å². The van der Waals surface area contributed by atoms with Gasteiger partial charge in [0.2, 0.25) is 0 Å². The van der Waals surface area contributed by atoms with E-state index in [2.05, 4.69) is 27.1 Å². The van der Waals surface area contributed by atoms with Crippen molar-refractivity contribution in [3.05, 3.63) is 18.0 Å². The molecule has 0 saturated carbocycles. The summed E-state index contributed by atoms with van der Waals surface area (Å²) in [6.07, 6.45) is 4.12. The molecule has 0 radical (unpaired) electrons. The minimum atomic E-state index is 0.366. The molecule has 14 heavy (non-hydrogen) atoms. The molecule has 0 aliphatic carbocycles. The van der Waals surface area contributed by atoms with Gasteiger partial charge in [-0.25, -0.2) is 9.97 Å². The standard InChI is InChI=1S/C10H13N3O/c1-11-6-4-3-5-9-7-12-10(14-2)13-8-9/h7-8,11H,4,6H2,1-2H3. The molecule has 0 atom stereocenters. The third-order valence-corrected chi connectivity index (χ3v) is 1.54. The Bertz CT molecular complexity index is 323. The fraction of sp³-hybridized carbons (Fsp3) is 0.400. The highest BCUT2D eigenvalue weighted by atomic mass is 16.5. The van der Waals surface area contributed by atoms with E-state index < -0.39 is 0 Å². The first-order valence-corrected chi connectivity index (χ1v) is 4.36. The molecule has 1 aromatic rings. The average molecular weight is 191 g/mol. The highest BCUT2D eigenvalue weighted by Crippen LogP contribution is 1.99. The molecule has 0 bridgehead atoms. The van der Waals surface area contributed by atoms with Gasteiger partial charge in [-0.2, -0.15) is 0 Å². The summed E-state index contributed by atoms with van der Waals surface area (Å²) >= 11 is 0. The number of hydrogen-bond donors (Lipinski definition) is 1. The summed E-state index contributed by atoms with van der Waals surface area (Å²) in [4.78, 5) is 7.89. The normalized spacial score (nSPS) is 9.00. The predicted molar refractivity (Wildman–Crippen MR) is 54.0 cm³/mol. The Kier molecular flexibility index (Phi) is 4.45. The van der Waals surface area contributed by atoms with E-state index in [0.717, 1.165) is 18.5 Å². The molecule has 4 nitrogen and oxygen atoms in total. The highest BCUT2D eigenvalue weighted by Gasteiger charge is 1.92. The Morgan fingerprint density at radius 3 is 2.71 bits per heavy atom. The fourth-order valence-corrected chi connectivity index (χ4v) is 0.838. The lowest BCUT2D eigenvalue weighted by Gasteiger charge is -1.94. The lowest BCUT2D eigenvalue weighted by Crippen LogP contribution is -2.05. The number of nitrogens with one attached hydrogen (secondary N) is 1. The first-order chi connectivity index (χ1) is 6.86. The van der Waals surface area contributed by atoms with Crippen LogP contribution in [-0.2, 0) is 0 Å². The number of methoxy groups -OCH3 is 1. The van der Waals surface area contributed by atoms with Crippen LogP contribution in [0.25, 0.3) is 0 Å². The van der Waals surface area contributed by atoms with Crippen LogP contribution >= 0.6 is 0 Å². The number of rotatable bonds is 3. The van der Waals surface area contributed by atoms with Gasteiger partial charge in [-0.1, -0.05) is 11.8 Å². The second kappa shape index (κ2) is 5.95. The van der Waals surface area contributed by atoms with Crippen molar-refractivity contribution in [2.45, 2.75) is 6.42 Å². The van der Waals surface area contributed by atoms with Crippen LogP contribution in [0.5, 0.6) is 6.01 Å². The number of ether oxygens (including phenoxy) is 1. The van der Waals surface area contributed by atoms with Crippen LogP contribution in [0, 0.1) is 11.8 Å². The maximum atomic E-state index is 4.83. The van der Waals surface area contributed by atoms with Gasteiger partial charge >= 0.3 is 6.01 Å². The Balaban J connectivity index is 2.53. The van der Waals surface area contributed by atoms with Crippen molar-refractivity contribution in [2.24, 2.45) is 0 Å². The van der Waals surface area contributed by atoms with Crippen molar-refractivity contribution in [1.29, 1.82) is 0 Å². The van der Waals surface area contributed by atoms with Crippen LogP contribution in [0.15, 0.2) is 12.4 Å². The van der Waals surface area contributed by atoms with Crippen LogP contribution in [0.3, 0.4) is 0 Å².